The average molecular weight is 481 g/mol. The summed E-state index contributed by atoms with van der Waals surface area (Å²) in [6.45, 7) is 3.51. The zero-order valence-electron chi connectivity index (χ0n) is 21.5. The van der Waals surface area contributed by atoms with Gasteiger partial charge >= 0.3 is 0 Å². The van der Waals surface area contributed by atoms with E-state index < -0.39 is 0 Å². The number of rotatable bonds is 11. The first-order valence-electron chi connectivity index (χ1n) is 11.7. The highest BCUT2D eigenvalue weighted by molar-refractivity contribution is 5.84. The highest BCUT2D eigenvalue weighted by Crippen LogP contribution is 2.33. The molecule has 0 saturated heterocycles. The van der Waals surface area contributed by atoms with E-state index in [-0.39, 0.29) is 5.91 Å². The SMILES string of the molecule is COc1ccc(C[C@@H](C)N(C)C/C=C/CN2C=Cc3cc(OC)c(OC)cc3CC2=O)cc1OC. The summed E-state index contributed by atoms with van der Waals surface area (Å²) in [7, 11) is 8.60. The van der Waals surface area contributed by atoms with E-state index in [4.69, 9.17) is 18.9 Å². The molecule has 0 bridgehead atoms. The highest BCUT2D eigenvalue weighted by Gasteiger charge is 2.19. The lowest BCUT2D eigenvalue weighted by atomic mass is 10.0. The monoisotopic (exact) mass is 480 g/mol. The molecule has 0 spiro atoms. The van der Waals surface area contributed by atoms with Crippen LogP contribution in [-0.2, 0) is 17.6 Å². The first-order chi connectivity index (χ1) is 16.9. The largest absolute Gasteiger partial charge is 0.493 e. The van der Waals surface area contributed by atoms with E-state index in [0.29, 0.717) is 30.5 Å². The molecule has 0 N–H and O–H groups in total. The van der Waals surface area contributed by atoms with Crippen LogP contribution in [0.15, 0.2) is 48.7 Å². The molecule has 3 rings (SSSR count). The van der Waals surface area contributed by atoms with Crippen LogP contribution in [0.5, 0.6) is 23.0 Å². The first kappa shape index (κ1) is 26.2. The molecule has 2 aromatic rings. The van der Waals surface area contributed by atoms with Crippen LogP contribution in [0.4, 0.5) is 0 Å². The summed E-state index contributed by atoms with van der Waals surface area (Å²) < 4.78 is 21.5. The number of methoxy groups -OCH3 is 4. The molecule has 1 aliphatic heterocycles. The molecular formula is C28H36N2O5. The minimum absolute atomic E-state index is 0.0482. The molecule has 0 unspecified atom stereocenters. The van der Waals surface area contributed by atoms with Gasteiger partial charge in [0.1, 0.15) is 0 Å². The van der Waals surface area contributed by atoms with Gasteiger partial charge in [0.2, 0.25) is 5.91 Å². The Balaban J connectivity index is 1.55. The molecule has 1 atom stereocenters. The van der Waals surface area contributed by atoms with Crippen LogP contribution in [0.25, 0.3) is 6.08 Å². The molecule has 0 aromatic heterocycles. The Morgan fingerprint density at radius 1 is 0.943 bits per heavy atom. The zero-order chi connectivity index (χ0) is 25.4. The zero-order valence-corrected chi connectivity index (χ0v) is 21.5. The van der Waals surface area contributed by atoms with E-state index in [1.807, 2.05) is 42.6 Å². The van der Waals surface area contributed by atoms with Crippen molar-refractivity contribution in [2.75, 3.05) is 48.6 Å². The Morgan fingerprint density at radius 3 is 2.29 bits per heavy atom. The Bertz CT molecular complexity index is 1080. The second-order valence-electron chi connectivity index (χ2n) is 8.60. The standard InChI is InChI=1S/C28H36N2O5/c1-20(15-21-9-10-24(32-3)25(16-21)33-4)29(2)12-7-8-13-30-14-11-22-17-26(34-5)27(35-6)18-23(22)19-28(30)31/h7-11,14,16-18,20H,12-13,15,19H2,1-6H3/b8-7+/t20-/m1/s1. The van der Waals surface area contributed by atoms with Crippen molar-refractivity contribution < 1.29 is 23.7 Å². The van der Waals surface area contributed by atoms with E-state index in [2.05, 4.69) is 31.0 Å². The molecular weight excluding hydrogens is 444 g/mol. The molecule has 0 saturated carbocycles. The predicted molar refractivity (Wildman–Crippen MR) is 138 cm³/mol. The Morgan fingerprint density at radius 2 is 1.60 bits per heavy atom. The summed E-state index contributed by atoms with van der Waals surface area (Å²) in [5.41, 5.74) is 3.09. The van der Waals surface area contributed by atoms with Crippen LogP contribution in [0.2, 0.25) is 0 Å². The number of ether oxygens (including phenoxy) is 4. The first-order valence-corrected chi connectivity index (χ1v) is 11.7. The highest BCUT2D eigenvalue weighted by atomic mass is 16.5. The molecule has 1 heterocycles. The van der Waals surface area contributed by atoms with Crippen LogP contribution >= 0.6 is 0 Å². The summed E-state index contributed by atoms with van der Waals surface area (Å²) >= 11 is 0. The van der Waals surface area contributed by atoms with Gasteiger partial charge in [-0.2, -0.15) is 0 Å². The normalized spacial score (nSPS) is 14.1. The fourth-order valence-corrected chi connectivity index (χ4v) is 4.04. The van der Waals surface area contributed by atoms with E-state index in [9.17, 15) is 4.79 Å². The van der Waals surface area contributed by atoms with Gasteiger partial charge in [-0.25, -0.2) is 0 Å². The summed E-state index contributed by atoms with van der Waals surface area (Å²) in [6, 6.07) is 10.2. The molecule has 2 aromatic carbocycles. The van der Waals surface area contributed by atoms with Gasteiger partial charge in [0.05, 0.1) is 34.9 Å². The van der Waals surface area contributed by atoms with E-state index in [1.165, 1.54) is 5.56 Å². The third-order valence-electron chi connectivity index (χ3n) is 6.34. The van der Waals surface area contributed by atoms with Crippen molar-refractivity contribution in [2.45, 2.75) is 25.8 Å². The number of carbonyl (C=O) groups excluding carboxylic acids is 1. The summed E-state index contributed by atoms with van der Waals surface area (Å²) in [5.74, 6) is 2.81. The average Bonchev–Trinajstić information content (AvgIpc) is 3.02. The minimum atomic E-state index is 0.0482. The van der Waals surface area contributed by atoms with Gasteiger partial charge in [0.25, 0.3) is 0 Å². The molecule has 0 fully saturated rings. The van der Waals surface area contributed by atoms with Crippen LogP contribution in [-0.4, -0.2) is 70.3 Å². The van der Waals surface area contributed by atoms with E-state index in [1.54, 1.807) is 33.3 Å². The quantitative estimate of drug-likeness (QED) is 0.450. The molecule has 0 radical (unpaired) electrons. The number of hydrogen-bond acceptors (Lipinski definition) is 6. The van der Waals surface area contributed by atoms with E-state index >= 15 is 0 Å². The van der Waals surface area contributed by atoms with Crippen molar-refractivity contribution >= 4 is 12.0 Å². The summed E-state index contributed by atoms with van der Waals surface area (Å²) in [5, 5.41) is 0. The van der Waals surface area contributed by atoms with Crippen molar-refractivity contribution in [3.63, 3.8) is 0 Å². The topological polar surface area (TPSA) is 60.5 Å². The third kappa shape index (κ3) is 6.57. The number of likely N-dealkylation sites (N-methyl/N-ethyl adjacent to an activating group) is 1. The van der Waals surface area contributed by atoms with Crippen molar-refractivity contribution in [1.29, 1.82) is 0 Å². The Labute approximate surface area is 208 Å². The number of nitrogens with zero attached hydrogens (tertiary/aromatic N) is 2. The van der Waals surface area contributed by atoms with Crippen LogP contribution in [0, 0.1) is 0 Å². The molecule has 35 heavy (non-hydrogen) atoms. The second kappa shape index (κ2) is 12.3. The maximum absolute atomic E-state index is 12.8. The lowest BCUT2D eigenvalue weighted by molar-refractivity contribution is -0.127. The van der Waals surface area contributed by atoms with Crippen molar-refractivity contribution in [2.24, 2.45) is 0 Å². The number of amides is 1. The Hall–Kier alpha value is -3.45. The van der Waals surface area contributed by atoms with Gasteiger partial charge in [-0.3, -0.25) is 9.69 Å². The molecule has 188 valence electrons. The molecule has 0 aliphatic carbocycles. The van der Waals surface area contributed by atoms with Gasteiger partial charge in [-0.1, -0.05) is 18.2 Å². The summed E-state index contributed by atoms with van der Waals surface area (Å²) in [6.07, 6.45) is 9.15. The lowest BCUT2D eigenvalue weighted by Gasteiger charge is -2.24. The number of hydrogen-bond donors (Lipinski definition) is 0. The number of fused-ring (bicyclic) bond motifs is 1. The third-order valence-corrected chi connectivity index (χ3v) is 6.34. The fourth-order valence-electron chi connectivity index (χ4n) is 4.04. The van der Waals surface area contributed by atoms with Crippen molar-refractivity contribution in [1.82, 2.24) is 9.80 Å². The maximum Gasteiger partial charge on any atom is 0.231 e. The van der Waals surface area contributed by atoms with Gasteiger partial charge < -0.3 is 23.8 Å². The predicted octanol–water partition coefficient (Wildman–Crippen LogP) is 4.20. The Kier molecular flexibility index (Phi) is 9.20. The van der Waals surface area contributed by atoms with Crippen LogP contribution < -0.4 is 18.9 Å². The second-order valence-corrected chi connectivity index (χ2v) is 8.60. The molecule has 1 amide bonds. The maximum atomic E-state index is 12.8. The molecule has 7 nitrogen and oxygen atoms in total. The van der Waals surface area contributed by atoms with Gasteiger partial charge in [0.15, 0.2) is 23.0 Å². The fraction of sp³-hybridized carbons (Fsp3) is 0.393. The van der Waals surface area contributed by atoms with Crippen LogP contribution in [0.3, 0.4) is 0 Å². The smallest absolute Gasteiger partial charge is 0.231 e. The van der Waals surface area contributed by atoms with E-state index in [0.717, 1.165) is 35.6 Å². The van der Waals surface area contributed by atoms with Crippen molar-refractivity contribution in [3.05, 3.63) is 65.4 Å². The number of carbonyl (C=O) groups is 1. The summed E-state index contributed by atoms with van der Waals surface area (Å²) in [4.78, 5) is 16.8. The van der Waals surface area contributed by atoms with Crippen LogP contribution in [0.1, 0.15) is 23.6 Å². The minimum Gasteiger partial charge on any atom is -0.493 e. The van der Waals surface area contributed by atoms with Gasteiger partial charge in [-0.15, -0.1) is 0 Å². The molecule has 1 aliphatic rings. The molecule has 7 heteroatoms. The van der Waals surface area contributed by atoms with Gasteiger partial charge in [-0.05, 0) is 67.4 Å². The number of benzene rings is 2. The van der Waals surface area contributed by atoms with Crippen molar-refractivity contribution in [3.8, 4) is 23.0 Å². The lowest BCUT2D eigenvalue weighted by Crippen LogP contribution is -2.31. The van der Waals surface area contributed by atoms with Gasteiger partial charge in [0, 0.05) is 25.3 Å².